The molecule has 3 rings (SSSR count). The predicted molar refractivity (Wildman–Crippen MR) is 90.5 cm³/mol. The Labute approximate surface area is 135 Å². The molecular formula is C15H12IN3S. The van der Waals surface area contributed by atoms with Gasteiger partial charge in [-0.1, -0.05) is 59.9 Å². The Morgan fingerprint density at radius 3 is 2.40 bits per heavy atom. The SMILES string of the molecule is NC(c1ccccc1)c1nnc(-c2ccccc2I)s1. The first-order valence-electron chi connectivity index (χ1n) is 6.14. The highest BCUT2D eigenvalue weighted by molar-refractivity contribution is 14.1. The van der Waals surface area contributed by atoms with Gasteiger partial charge in [-0.05, 0) is 34.2 Å². The van der Waals surface area contributed by atoms with E-state index >= 15 is 0 Å². The molecule has 1 aromatic heterocycles. The Balaban J connectivity index is 1.93. The van der Waals surface area contributed by atoms with Crippen molar-refractivity contribution in [1.29, 1.82) is 0 Å². The van der Waals surface area contributed by atoms with Crippen molar-refractivity contribution in [2.75, 3.05) is 0 Å². The zero-order valence-electron chi connectivity index (χ0n) is 10.5. The molecule has 1 unspecified atom stereocenters. The molecule has 1 heterocycles. The number of halogens is 1. The van der Waals surface area contributed by atoms with E-state index in [2.05, 4.69) is 44.9 Å². The zero-order chi connectivity index (χ0) is 13.9. The highest BCUT2D eigenvalue weighted by Gasteiger charge is 2.16. The zero-order valence-corrected chi connectivity index (χ0v) is 13.5. The Bertz CT molecular complexity index is 712. The molecule has 100 valence electrons. The van der Waals surface area contributed by atoms with E-state index in [1.807, 2.05) is 42.5 Å². The summed E-state index contributed by atoms with van der Waals surface area (Å²) in [6.45, 7) is 0. The van der Waals surface area contributed by atoms with Gasteiger partial charge in [0.15, 0.2) is 0 Å². The van der Waals surface area contributed by atoms with Crippen LogP contribution in [0.1, 0.15) is 16.6 Å². The highest BCUT2D eigenvalue weighted by atomic mass is 127. The second kappa shape index (κ2) is 5.99. The van der Waals surface area contributed by atoms with E-state index in [9.17, 15) is 0 Å². The molecule has 0 aliphatic heterocycles. The minimum absolute atomic E-state index is 0.219. The molecule has 0 aliphatic carbocycles. The van der Waals surface area contributed by atoms with E-state index in [1.54, 1.807) is 11.3 Å². The summed E-state index contributed by atoms with van der Waals surface area (Å²) < 4.78 is 1.17. The van der Waals surface area contributed by atoms with Crippen molar-refractivity contribution in [2.45, 2.75) is 6.04 Å². The molecule has 0 saturated heterocycles. The van der Waals surface area contributed by atoms with E-state index in [-0.39, 0.29) is 6.04 Å². The maximum Gasteiger partial charge on any atom is 0.148 e. The van der Waals surface area contributed by atoms with Crippen LogP contribution in [0.2, 0.25) is 0 Å². The summed E-state index contributed by atoms with van der Waals surface area (Å²) in [6.07, 6.45) is 0. The third kappa shape index (κ3) is 2.74. The van der Waals surface area contributed by atoms with Crippen LogP contribution in [0.15, 0.2) is 54.6 Å². The van der Waals surface area contributed by atoms with E-state index in [1.165, 1.54) is 3.57 Å². The molecule has 0 bridgehead atoms. The molecular weight excluding hydrogens is 381 g/mol. The minimum atomic E-state index is -0.219. The molecule has 0 saturated carbocycles. The van der Waals surface area contributed by atoms with Gasteiger partial charge in [-0.15, -0.1) is 10.2 Å². The van der Waals surface area contributed by atoms with Gasteiger partial charge in [-0.25, -0.2) is 0 Å². The molecule has 1 atom stereocenters. The van der Waals surface area contributed by atoms with Gasteiger partial charge in [-0.2, -0.15) is 0 Å². The fourth-order valence-electron chi connectivity index (χ4n) is 1.91. The van der Waals surface area contributed by atoms with E-state index in [0.29, 0.717) is 0 Å². The topological polar surface area (TPSA) is 51.8 Å². The predicted octanol–water partition coefficient (Wildman–Crippen LogP) is 3.86. The van der Waals surface area contributed by atoms with Crippen LogP contribution >= 0.6 is 33.9 Å². The first-order valence-corrected chi connectivity index (χ1v) is 8.04. The third-order valence-corrected chi connectivity index (χ3v) is 4.95. The molecule has 3 nitrogen and oxygen atoms in total. The van der Waals surface area contributed by atoms with Crippen molar-refractivity contribution >= 4 is 33.9 Å². The largest absolute Gasteiger partial charge is 0.318 e. The summed E-state index contributed by atoms with van der Waals surface area (Å²) in [4.78, 5) is 0. The van der Waals surface area contributed by atoms with Crippen molar-refractivity contribution < 1.29 is 0 Å². The quantitative estimate of drug-likeness (QED) is 0.688. The third-order valence-electron chi connectivity index (χ3n) is 2.97. The molecule has 0 radical (unpaired) electrons. The fourth-order valence-corrected chi connectivity index (χ4v) is 3.64. The van der Waals surface area contributed by atoms with Gasteiger partial charge in [0.1, 0.15) is 10.0 Å². The maximum absolute atomic E-state index is 6.25. The summed E-state index contributed by atoms with van der Waals surface area (Å²) in [7, 11) is 0. The lowest BCUT2D eigenvalue weighted by Crippen LogP contribution is -2.11. The normalized spacial score (nSPS) is 12.3. The second-order valence-electron chi connectivity index (χ2n) is 4.31. The van der Waals surface area contributed by atoms with Crippen LogP contribution in [-0.2, 0) is 0 Å². The molecule has 0 spiro atoms. The highest BCUT2D eigenvalue weighted by Crippen LogP contribution is 2.31. The van der Waals surface area contributed by atoms with Crippen LogP contribution in [0.25, 0.3) is 10.6 Å². The molecule has 0 amide bonds. The van der Waals surface area contributed by atoms with Crippen LogP contribution in [-0.4, -0.2) is 10.2 Å². The number of hydrogen-bond donors (Lipinski definition) is 1. The van der Waals surface area contributed by atoms with Crippen LogP contribution in [0.3, 0.4) is 0 Å². The average molecular weight is 393 g/mol. The lowest BCUT2D eigenvalue weighted by molar-refractivity contribution is 0.831. The van der Waals surface area contributed by atoms with E-state index in [0.717, 1.165) is 21.1 Å². The number of nitrogens with two attached hydrogens (primary N) is 1. The smallest absolute Gasteiger partial charge is 0.148 e. The molecule has 0 aliphatic rings. The number of rotatable bonds is 3. The van der Waals surface area contributed by atoms with Crippen LogP contribution < -0.4 is 5.73 Å². The van der Waals surface area contributed by atoms with Gasteiger partial charge in [0.25, 0.3) is 0 Å². The Morgan fingerprint density at radius 2 is 1.65 bits per heavy atom. The number of nitrogens with zero attached hydrogens (tertiary/aromatic N) is 2. The minimum Gasteiger partial charge on any atom is -0.318 e. The summed E-state index contributed by atoms with van der Waals surface area (Å²) in [5.41, 5.74) is 8.41. The number of aromatic nitrogens is 2. The Morgan fingerprint density at radius 1 is 0.950 bits per heavy atom. The molecule has 2 N–H and O–H groups in total. The molecule has 2 aromatic carbocycles. The second-order valence-corrected chi connectivity index (χ2v) is 6.48. The van der Waals surface area contributed by atoms with Crippen LogP contribution in [0.4, 0.5) is 0 Å². The number of benzene rings is 2. The molecule has 3 aromatic rings. The molecule has 5 heteroatoms. The van der Waals surface area contributed by atoms with Gasteiger partial charge < -0.3 is 5.73 Å². The van der Waals surface area contributed by atoms with Crippen molar-refractivity contribution in [3.8, 4) is 10.6 Å². The summed E-state index contributed by atoms with van der Waals surface area (Å²) in [5.74, 6) is 0. The van der Waals surface area contributed by atoms with Gasteiger partial charge in [0.2, 0.25) is 0 Å². The van der Waals surface area contributed by atoms with Crippen LogP contribution in [0.5, 0.6) is 0 Å². The summed E-state index contributed by atoms with van der Waals surface area (Å²) in [5, 5.41) is 10.3. The van der Waals surface area contributed by atoms with Crippen molar-refractivity contribution in [3.05, 3.63) is 68.7 Å². The summed E-state index contributed by atoms with van der Waals surface area (Å²) >= 11 is 3.86. The van der Waals surface area contributed by atoms with Gasteiger partial charge in [0.05, 0.1) is 6.04 Å². The Hall–Kier alpha value is -1.31. The first kappa shape index (κ1) is 13.7. The van der Waals surface area contributed by atoms with Crippen LogP contribution in [0, 0.1) is 3.57 Å². The summed E-state index contributed by atoms with van der Waals surface area (Å²) in [6, 6.07) is 17.9. The monoisotopic (exact) mass is 393 g/mol. The Kier molecular flexibility index (Phi) is 4.09. The lowest BCUT2D eigenvalue weighted by Gasteiger charge is -2.07. The van der Waals surface area contributed by atoms with E-state index in [4.69, 9.17) is 5.73 Å². The van der Waals surface area contributed by atoms with Gasteiger partial charge in [-0.3, -0.25) is 0 Å². The standard InChI is InChI=1S/C15H12IN3S/c16-12-9-5-4-8-11(12)14-18-19-15(20-14)13(17)10-6-2-1-3-7-10/h1-9,13H,17H2. The number of hydrogen-bond acceptors (Lipinski definition) is 4. The van der Waals surface area contributed by atoms with Gasteiger partial charge >= 0.3 is 0 Å². The lowest BCUT2D eigenvalue weighted by atomic mass is 10.1. The molecule has 0 fully saturated rings. The maximum atomic E-state index is 6.25. The fraction of sp³-hybridized carbons (Fsp3) is 0.0667. The first-order chi connectivity index (χ1) is 9.75. The van der Waals surface area contributed by atoms with Gasteiger partial charge in [0, 0.05) is 9.13 Å². The van der Waals surface area contributed by atoms with E-state index < -0.39 is 0 Å². The van der Waals surface area contributed by atoms with Crippen molar-refractivity contribution in [3.63, 3.8) is 0 Å². The van der Waals surface area contributed by atoms with Crippen molar-refractivity contribution in [1.82, 2.24) is 10.2 Å². The average Bonchev–Trinajstić information content (AvgIpc) is 2.97. The van der Waals surface area contributed by atoms with Crippen molar-refractivity contribution in [2.24, 2.45) is 5.73 Å². The molecule has 20 heavy (non-hydrogen) atoms.